The highest BCUT2D eigenvalue weighted by Crippen LogP contribution is 2.17. The molecule has 1 N–H and O–H groups in total. The van der Waals surface area contributed by atoms with Gasteiger partial charge < -0.3 is 15.0 Å². The number of hydrogen-bond acceptors (Lipinski definition) is 3. The Morgan fingerprint density at radius 2 is 1.90 bits per heavy atom. The van der Waals surface area contributed by atoms with Crippen LogP contribution in [0.25, 0.3) is 0 Å². The summed E-state index contributed by atoms with van der Waals surface area (Å²) >= 11 is 0. The van der Waals surface area contributed by atoms with Crippen molar-refractivity contribution in [2.24, 2.45) is 0 Å². The van der Waals surface area contributed by atoms with E-state index in [-0.39, 0.29) is 12.5 Å². The molecule has 20 heavy (non-hydrogen) atoms. The third kappa shape index (κ3) is 5.61. The van der Waals surface area contributed by atoms with Gasteiger partial charge in [0, 0.05) is 13.1 Å². The summed E-state index contributed by atoms with van der Waals surface area (Å²) in [6.07, 6.45) is 0.903. The number of ether oxygens (including phenoxy) is 1. The summed E-state index contributed by atoms with van der Waals surface area (Å²) in [5.41, 5.74) is 1.13. The third-order valence-electron chi connectivity index (χ3n) is 3.36. The number of likely N-dealkylation sites (N-methyl/N-ethyl adjacent to an activating group) is 1. The van der Waals surface area contributed by atoms with E-state index < -0.39 is 0 Å². The SMILES string of the molecule is CCc1ccccc1OCC(=O)NCCN(CC)CC. The molecule has 0 saturated carbocycles. The molecule has 0 spiro atoms. The first kappa shape index (κ1) is 16.5. The predicted octanol–water partition coefficient (Wildman–Crippen LogP) is 2.09. The highest BCUT2D eigenvalue weighted by molar-refractivity contribution is 5.77. The molecular weight excluding hydrogens is 252 g/mol. The Morgan fingerprint density at radius 1 is 1.20 bits per heavy atom. The molecule has 0 fully saturated rings. The van der Waals surface area contributed by atoms with Crippen molar-refractivity contribution in [3.63, 3.8) is 0 Å². The summed E-state index contributed by atoms with van der Waals surface area (Å²) in [4.78, 5) is 14.0. The van der Waals surface area contributed by atoms with Crippen LogP contribution in [0.1, 0.15) is 26.3 Å². The maximum atomic E-state index is 11.7. The average Bonchev–Trinajstić information content (AvgIpc) is 2.49. The molecule has 0 unspecified atom stereocenters. The zero-order chi connectivity index (χ0) is 14.8. The first-order valence-electron chi connectivity index (χ1n) is 7.40. The van der Waals surface area contributed by atoms with Crippen molar-refractivity contribution in [2.45, 2.75) is 27.2 Å². The molecule has 1 amide bonds. The summed E-state index contributed by atoms with van der Waals surface area (Å²) < 4.78 is 5.57. The van der Waals surface area contributed by atoms with Crippen molar-refractivity contribution in [3.8, 4) is 5.75 Å². The molecule has 4 nitrogen and oxygen atoms in total. The number of hydrogen-bond donors (Lipinski definition) is 1. The predicted molar refractivity (Wildman–Crippen MR) is 82.1 cm³/mol. The highest BCUT2D eigenvalue weighted by atomic mass is 16.5. The Kier molecular flexibility index (Phi) is 7.73. The fourth-order valence-electron chi connectivity index (χ4n) is 2.02. The van der Waals surface area contributed by atoms with Gasteiger partial charge in [0.2, 0.25) is 0 Å². The lowest BCUT2D eigenvalue weighted by atomic mass is 10.1. The molecule has 0 bridgehead atoms. The fraction of sp³-hybridized carbons (Fsp3) is 0.562. The second-order valence-electron chi connectivity index (χ2n) is 4.63. The van der Waals surface area contributed by atoms with E-state index in [1.807, 2.05) is 24.3 Å². The molecule has 0 aromatic heterocycles. The maximum Gasteiger partial charge on any atom is 0.257 e. The Morgan fingerprint density at radius 3 is 2.55 bits per heavy atom. The lowest BCUT2D eigenvalue weighted by Crippen LogP contribution is -2.36. The molecule has 112 valence electrons. The van der Waals surface area contributed by atoms with Crippen LogP contribution >= 0.6 is 0 Å². The van der Waals surface area contributed by atoms with Gasteiger partial charge in [-0.15, -0.1) is 0 Å². The van der Waals surface area contributed by atoms with Gasteiger partial charge in [-0.3, -0.25) is 4.79 Å². The van der Waals surface area contributed by atoms with Crippen molar-refractivity contribution in [3.05, 3.63) is 29.8 Å². The van der Waals surface area contributed by atoms with Crippen LogP contribution in [0.5, 0.6) is 5.75 Å². The summed E-state index contributed by atoms with van der Waals surface area (Å²) in [6, 6.07) is 7.83. The van der Waals surface area contributed by atoms with Gasteiger partial charge in [0.05, 0.1) is 0 Å². The standard InChI is InChI=1S/C16H26N2O2/c1-4-14-9-7-8-10-15(14)20-13-16(19)17-11-12-18(5-2)6-3/h7-10H,4-6,11-13H2,1-3H3,(H,17,19). The van der Waals surface area contributed by atoms with E-state index in [1.165, 1.54) is 0 Å². The minimum absolute atomic E-state index is 0.0666. The normalized spacial score (nSPS) is 10.6. The van der Waals surface area contributed by atoms with Crippen molar-refractivity contribution in [2.75, 3.05) is 32.8 Å². The lowest BCUT2D eigenvalue weighted by molar-refractivity contribution is -0.123. The number of aryl methyl sites for hydroxylation is 1. The number of amides is 1. The highest BCUT2D eigenvalue weighted by Gasteiger charge is 2.06. The van der Waals surface area contributed by atoms with E-state index in [0.717, 1.165) is 37.4 Å². The molecule has 1 aromatic rings. The Labute approximate surface area is 122 Å². The molecular formula is C16H26N2O2. The van der Waals surface area contributed by atoms with Gasteiger partial charge in [0.25, 0.3) is 5.91 Å². The summed E-state index contributed by atoms with van der Waals surface area (Å²) in [6.45, 7) is 9.96. The molecule has 0 atom stereocenters. The minimum atomic E-state index is -0.0666. The van der Waals surface area contributed by atoms with Crippen molar-refractivity contribution >= 4 is 5.91 Å². The van der Waals surface area contributed by atoms with Gasteiger partial charge in [-0.05, 0) is 31.1 Å². The quantitative estimate of drug-likeness (QED) is 0.752. The molecule has 0 radical (unpaired) electrons. The molecule has 0 saturated heterocycles. The van der Waals surface area contributed by atoms with Crippen LogP contribution < -0.4 is 10.1 Å². The van der Waals surface area contributed by atoms with Crippen LogP contribution in [0.3, 0.4) is 0 Å². The monoisotopic (exact) mass is 278 g/mol. The zero-order valence-corrected chi connectivity index (χ0v) is 12.8. The van der Waals surface area contributed by atoms with Gasteiger partial charge in [0.15, 0.2) is 6.61 Å². The minimum Gasteiger partial charge on any atom is -0.483 e. The van der Waals surface area contributed by atoms with E-state index >= 15 is 0 Å². The molecule has 1 rings (SSSR count). The van der Waals surface area contributed by atoms with E-state index in [2.05, 4.69) is 31.0 Å². The summed E-state index contributed by atoms with van der Waals surface area (Å²) in [7, 11) is 0. The lowest BCUT2D eigenvalue weighted by Gasteiger charge is -2.18. The Balaban J connectivity index is 2.29. The van der Waals surface area contributed by atoms with Crippen LogP contribution in [0.15, 0.2) is 24.3 Å². The molecule has 0 aliphatic rings. The van der Waals surface area contributed by atoms with Crippen LogP contribution in [0.2, 0.25) is 0 Å². The number of carbonyl (C=O) groups excluding carboxylic acids is 1. The van der Waals surface area contributed by atoms with E-state index in [9.17, 15) is 4.79 Å². The molecule has 4 heteroatoms. The fourth-order valence-corrected chi connectivity index (χ4v) is 2.02. The first-order chi connectivity index (χ1) is 9.71. The number of carbonyl (C=O) groups is 1. The first-order valence-corrected chi connectivity index (χ1v) is 7.40. The molecule has 0 aliphatic carbocycles. The maximum absolute atomic E-state index is 11.7. The van der Waals surface area contributed by atoms with Crippen LogP contribution in [0.4, 0.5) is 0 Å². The van der Waals surface area contributed by atoms with Crippen LogP contribution in [-0.4, -0.2) is 43.6 Å². The van der Waals surface area contributed by atoms with Gasteiger partial charge in [-0.25, -0.2) is 0 Å². The zero-order valence-electron chi connectivity index (χ0n) is 12.8. The van der Waals surface area contributed by atoms with E-state index in [4.69, 9.17) is 4.74 Å². The second kappa shape index (κ2) is 9.37. The van der Waals surface area contributed by atoms with Gasteiger partial charge >= 0.3 is 0 Å². The molecule has 0 heterocycles. The van der Waals surface area contributed by atoms with Crippen molar-refractivity contribution in [1.82, 2.24) is 10.2 Å². The van der Waals surface area contributed by atoms with Crippen molar-refractivity contribution in [1.29, 1.82) is 0 Å². The van der Waals surface area contributed by atoms with Gasteiger partial charge in [-0.1, -0.05) is 39.0 Å². The molecule has 1 aromatic carbocycles. The average molecular weight is 278 g/mol. The topological polar surface area (TPSA) is 41.6 Å². The van der Waals surface area contributed by atoms with Crippen LogP contribution in [-0.2, 0) is 11.2 Å². The summed E-state index contributed by atoms with van der Waals surface area (Å²) in [5, 5.41) is 2.88. The van der Waals surface area contributed by atoms with Gasteiger partial charge in [-0.2, -0.15) is 0 Å². The van der Waals surface area contributed by atoms with E-state index in [0.29, 0.717) is 6.54 Å². The van der Waals surface area contributed by atoms with Gasteiger partial charge in [0.1, 0.15) is 5.75 Å². The van der Waals surface area contributed by atoms with Crippen LogP contribution in [0, 0.1) is 0 Å². The van der Waals surface area contributed by atoms with Crippen molar-refractivity contribution < 1.29 is 9.53 Å². The number of benzene rings is 1. The number of rotatable bonds is 9. The smallest absolute Gasteiger partial charge is 0.257 e. The third-order valence-corrected chi connectivity index (χ3v) is 3.36. The van der Waals surface area contributed by atoms with E-state index in [1.54, 1.807) is 0 Å². The number of nitrogens with one attached hydrogen (secondary N) is 1. The Hall–Kier alpha value is -1.55. The number of nitrogens with zero attached hydrogens (tertiary/aromatic N) is 1. The number of para-hydroxylation sites is 1. The largest absolute Gasteiger partial charge is 0.483 e. The second-order valence-corrected chi connectivity index (χ2v) is 4.63. The Bertz CT molecular complexity index is 403. The summed E-state index contributed by atoms with van der Waals surface area (Å²) in [5.74, 6) is 0.733. The molecule has 0 aliphatic heterocycles.